The summed E-state index contributed by atoms with van der Waals surface area (Å²) in [5, 5.41) is 0. The van der Waals surface area contributed by atoms with Gasteiger partial charge in [0.2, 0.25) is 0 Å². The van der Waals surface area contributed by atoms with Crippen LogP contribution in [0.15, 0.2) is 0 Å². The second kappa shape index (κ2) is 9.24. The first kappa shape index (κ1) is 15.0. The van der Waals surface area contributed by atoms with Gasteiger partial charge in [-0.2, -0.15) is 0 Å². The van der Waals surface area contributed by atoms with Gasteiger partial charge in [-0.05, 0) is 17.8 Å². The zero-order chi connectivity index (χ0) is 11.7. The van der Waals surface area contributed by atoms with E-state index in [4.69, 9.17) is 0 Å². The van der Waals surface area contributed by atoms with Crippen molar-refractivity contribution in [3.8, 4) is 0 Å². The van der Waals surface area contributed by atoms with Crippen molar-refractivity contribution in [2.45, 2.75) is 79.6 Å². The monoisotopic (exact) mass is 212 g/mol. The number of hydrogen-bond donors (Lipinski definition) is 0. The van der Waals surface area contributed by atoms with Gasteiger partial charge in [0.05, 0.1) is 0 Å². The van der Waals surface area contributed by atoms with E-state index in [1.165, 1.54) is 44.9 Å². The summed E-state index contributed by atoms with van der Waals surface area (Å²) in [6.07, 6.45) is 10.0. The highest BCUT2D eigenvalue weighted by atomic mass is 14.2. The van der Waals surface area contributed by atoms with E-state index < -0.39 is 0 Å². The minimum absolute atomic E-state index is 0.884. The number of rotatable bonds is 9. The smallest absolute Gasteiger partial charge is 0.0391 e. The second-order valence-electron chi connectivity index (χ2n) is 5.82. The number of unbranched alkanes of at least 4 members (excludes halogenated alkanes) is 2. The summed E-state index contributed by atoms with van der Waals surface area (Å²) in [6.45, 7) is 11.7. The summed E-state index contributed by atoms with van der Waals surface area (Å²) in [5.74, 6) is 2.76. The van der Waals surface area contributed by atoms with Gasteiger partial charge < -0.3 is 0 Å². The Bertz CT molecular complexity index is 124. The van der Waals surface area contributed by atoms with E-state index in [0.29, 0.717) is 0 Å². The van der Waals surface area contributed by atoms with Crippen molar-refractivity contribution < 1.29 is 0 Å². The minimum atomic E-state index is 0.884. The van der Waals surface area contributed by atoms with E-state index in [-0.39, 0.29) is 0 Å². The van der Waals surface area contributed by atoms with Crippen molar-refractivity contribution in [1.29, 1.82) is 0 Å². The fraction of sp³-hybridized carbons (Fsp3) is 1.00. The highest BCUT2D eigenvalue weighted by molar-refractivity contribution is 4.63. The molecule has 0 amide bonds. The molecule has 0 aliphatic rings. The molecule has 0 aromatic heterocycles. The molecule has 92 valence electrons. The summed E-state index contributed by atoms with van der Waals surface area (Å²) in [7, 11) is 0. The molecule has 0 heterocycles. The van der Waals surface area contributed by atoms with Crippen LogP contribution in [0.25, 0.3) is 0 Å². The van der Waals surface area contributed by atoms with Gasteiger partial charge in [0.1, 0.15) is 0 Å². The van der Waals surface area contributed by atoms with Crippen LogP contribution in [0, 0.1) is 17.8 Å². The van der Waals surface area contributed by atoms with Crippen LogP contribution in [0.1, 0.15) is 79.6 Å². The van der Waals surface area contributed by atoms with Crippen LogP contribution in [0.5, 0.6) is 0 Å². The van der Waals surface area contributed by atoms with Crippen molar-refractivity contribution >= 4 is 0 Å². The molecule has 0 radical (unpaired) electrons. The Morgan fingerprint density at radius 3 is 1.80 bits per heavy atom. The highest BCUT2D eigenvalue weighted by Crippen LogP contribution is 2.24. The summed E-state index contributed by atoms with van der Waals surface area (Å²) in [4.78, 5) is 0. The maximum absolute atomic E-state index is 2.38. The Morgan fingerprint density at radius 1 is 0.733 bits per heavy atom. The molecule has 0 aromatic rings. The molecule has 0 aliphatic heterocycles. The predicted octanol–water partition coefficient (Wildman–Crippen LogP) is 5.67. The molecule has 0 nitrogen and oxygen atoms in total. The number of hydrogen-bond acceptors (Lipinski definition) is 0. The van der Waals surface area contributed by atoms with Crippen LogP contribution in [0.2, 0.25) is 0 Å². The first-order valence-corrected chi connectivity index (χ1v) is 7.07. The van der Waals surface area contributed by atoms with Crippen LogP contribution in [-0.4, -0.2) is 0 Å². The molecular weight excluding hydrogens is 180 g/mol. The molecule has 0 aliphatic carbocycles. The maximum atomic E-state index is 2.38. The largest absolute Gasteiger partial charge is 0.0654 e. The molecule has 0 heteroatoms. The lowest BCUT2D eigenvalue weighted by Crippen LogP contribution is -2.08. The van der Waals surface area contributed by atoms with Crippen molar-refractivity contribution in [2.75, 3.05) is 0 Å². The third kappa shape index (κ3) is 8.96. The average molecular weight is 212 g/mol. The fourth-order valence-electron chi connectivity index (χ4n) is 2.32. The van der Waals surface area contributed by atoms with Gasteiger partial charge in [0.15, 0.2) is 0 Å². The van der Waals surface area contributed by atoms with Crippen molar-refractivity contribution in [2.24, 2.45) is 17.8 Å². The predicted molar refractivity (Wildman–Crippen MR) is 71.2 cm³/mol. The lowest BCUT2D eigenvalue weighted by Gasteiger charge is -2.20. The van der Waals surface area contributed by atoms with Gasteiger partial charge in [-0.3, -0.25) is 0 Å². The Kier molecular flexibility index (Phi) is 9.24. The van der Waals surface area contributed by atoms with Crippen LogP contribution in [0.3, 0.4) is 0 Å². The van der Waals surface area contributed by atoms with Crippen molar-refractivity contribution in [3.63, 3.8) is 0 Å². The lowest BCUT2D eigenvalue weighted by atomic mass is 9.86. The molecule has 0 N–H and O–H groups in total. The minimum Gasteiger partial charge on any atom is -0.0654 e. The molecule has 1 atom stereocenters. The van der Waals surface area contributed by atoms with Crippen molar-refractivity contribution in [3.05, 3.63) is 0 Å². The Hall–Kier alpha value is 0. The first-order chi connectivity index (χ1) is 7.07. The molecule has 15 heavy (non-hydrogen) atoms. The third-order valence-electron chi connectivity index (χ3n) is 3.46. The average Bonchev–Trinajstić information content (AvgIpc) is 2.15. The zero-order valence-corrected chi connectivity index (χ0v) is 11.7. The zero-order valence-electron chi connectivity index (χ0n) is 11.7. The summed E-state index contributed by atoms with van der Waals surface area (Å²) < 4.78 is 0. The van der Waals surface area contributed by atoms with E-state index in [2.05, 4.69) is 34.6 Å². The van der Waals surface area contributed by atoms with Crippen LogP contribution in [0.4, 0.5) is 0 Å². The molecule has 0 spiro atoms. The summed E-state index contributed by atoms with van der Waals surface area (Å²) >= 11 is 0. The highest BCUT2D eigenvalue weighted by Gasteiger charge is 2.11. The lowest BCUT2D eigenvalue weighted by molar-refractivity contribution is 0.320. The Morgan fingerprint density at radius 2 is 1.33 bits per heavy atom. The fourth-order valence-corrected chi connectivity index (χ4v) is 2.32. The van der Waals surface area contributed by atoms with Crippen LogP contribution in [-0.2, 0) is 0 Å². The normalized spacial score (nSPS) is 13.8. The topological polar surface area (TPSA) is 0 Å². The van der Waals surface area contributed by atoms with E-state index >= 15 is 0 Å². The van der Waals surface area contributed by atoms with E-state index in [1.807, 2.05) is 0 Å². The summed E-state index contributed by atoms with van der Waals surface area (Å²) in [6, 6.07) is 0. The molecular formula is C15H32. The molecule has 0 rings (SSSR count). The van der Waals surface area contributed by atoms with Gasteiger partial charge in [-0.1, -0.05) is 79.6 Å². The third-order valence-corrected chi connectivity index (χ3v) is 3.46. The van der Waals surface area contributed by atoms with E-state index in [9.17, 15) is 0 Å². The van der Waals surface area contributed by atoms with Gasteiger partial charge >= 0.3 is 0 Å². The molecule has 0 bridgehead atoms. The Labute approximate surface area is 97.8 Å². The van der Waals surface area contributed by atoms with Gasteiger partial charge in [-0.15, -0.1) is 0 Å². The van der Waals surface area contributed by atoms with Gasteiger partial charge in [-0.25, -0.2) is 0 Å². The quantitative estimate of drug-likeness (QED) is 0.432. The molecule has 0 aromatic carbocycles. The van der Waals surface area contributed by atoms with Crippen LogP contribution >= 0.6 is 0 Å². The maximum Gasteiger partial charge on any atom is -0.0391 e. The molecule has 0 saturated heterocycles. The molecule has 0 fully saturated rings. The standard InChI is InChI=1S/C15H32/c1-6-10-15(14(4)5)12-9-7-8-11-13(2)3/h13-15H,6-12H2,1-5H3. The van der Waals surface area contributed by atoms with Gasteiger partial charge in [0, 0.05) is 0 Å². The van der Waals surface area contributed by atoms with Crippen molar-refractivity contribution in [1.82, 2.24) is 0 Å². The molecule has 0 saturated carbocycles. The second-order valence-corrected chi connectivity index (χ2v) is 5.82. The van der Waals surface area contributed by atoms with Gasteiger partial charge in [0.25, 0.3) is 0 Å². The van der Waals surface area contributed by atoms with E-state index in [1.54, 1.807) is 0 Å². The Balaban J connectivity index is 3.45. The SMILES string of the molecule is CCCC(CCCCCC(C)C)C(C)C. The first-order valence-electron chi connectivity index (χ1n) is 7.07. The summed E-state index contributed by atoms with van der Waals surface area (Å²) in [5.41, 5.74) is 0. The van der Waals surface area contributed by atoms with Crippen LogP contribution < -0.4 is 0 Å². The molecule has 1 unspecified atom stereocenters. The van der Waals surface area contributed by atoms with E-state index in [0.717, 1.165) is 17.8 Å².